The zero-order chi connectivity index (χ0) is 28.3. The molecule has 3 aromatic carbocycles. The number of para-hydroxylation sites is 1. The third-order valence-electron chi connectivity index (χ3n) is 7.16. The number of sulfonamides is 1. The molecule has 0 saturated carbocycles. The molecule has 1 aromatic heterocycles. The van der Waals surface area contributed by atoms with Gasteiger partial charge < -0.3 is 15.0 Å². The van der Waals surface area contributed by atoms with E-state index < -0.39 is 10.0 Å². The minimum atomic E-state index is -3.72. The molecular formula is C29H33N5O4S2. The second kappa shape index (κ2) is 11.8. The molecule has 0 unspecified atom stereocenters. The second-order valence-electron chi connectivity index (χ2n) is 9.68. The molecule has 2 heterocycles. The number of anilines is 2. The first-order valence-corrected chi connectivity index (χ1v) is 15.4. The van der Waals surface area contributed by atoms with Gasteiger partial charge in [-0.25, -0.2) is 13.4 Å². The van der Waals surface area contributed by atoms with E-state index in [1.807, 2.05) is 12.1 Å². The summed E-state index contributed by atoms with van der Waals surface area (Å²) < 4.78 is 33.8. The van der Waals surface area contributed by atoms with Crippen molar-refractivity contribution in [1.29, 1.82) is 0 Å². The Morgan fingerprint density at radius 2 is 1.73 bits per heavy atom. The molecule has 210 valence electrons. The van der Waals surface area contributed by atoms with Crippen LogP contribution < -0.4 is 19.3 Å². The lowest BCUT2D eigenvalue weighted by molar-refractivity contribution is 0.0947. The summed E-state index contributed by atoms with van der Waals surface area (Å²) in [6.45, 7) is 6.82. The SMILES string of the molecule is COc1ccc(C)c2sc(N3CCN(CCNC(=O)c4ccc(S(=O)(=O)N(C)c5ccccc5)cc4)CC3)nc12. The maximum absolute atomic E-state index is 13.0. The predicted molar refractivity (Wildman–Crippen MR) is 160 cm³/mol. The summed E-state index contributed by atoms with van der Waals surface area (Å²) in [6, 6.07) is 19.0. The number of aryl methyl sites for hydroxylation is 1. The van der Waals surface area contributed by atoms with Gasteiger partial charge in [-0.3, -0.25) is 14.0 Å². The molecule has 1 saturated heterocycles. The Kier molecular flexibility index (Phi) is 8.24. The molecule has 1 fully saturated rings. The van der Waals surface area contributed by atoms with Crippen molar-refractivity contribution in [1.82, 2.24) is 15.2 Å². The average molecular weight is 580 g/mol. The highest BCUT2D eigenvalue weighted by atomic mass is 32.2. The summed E-state index contributed by atoms with van der Waals surface area (Å²) in [5.41, 5.74) is 3.11. The van der Waals surface area contributed by atoms with Crippen LogP contribution in [0, 0.1) is 6.92 Å². The normalized spacial score (nSPS) is 14.3. The van der Waals surface area contributed by atoms with Crippen LogP contribution in [0.3, 0.4) is 0 Å². The van der Waals surface area contributed by atoms with Crippen molar-refractivity contribution in [2.24, 2.45) is 0 Å². The third-order valence-corrected chi connectivity index (χ3v) is 10.2. The maximum Gasteiger partial charge on any atom is 0.264 e. The number of piperazine rings is 1. The minimum absolute atomic E-state index is 0.134. The van der Waals surface area contributed by atoms with E-state index in [9.17, 15) is 13.2 Å². The molecule has 0 radical (unpaired) electrons. The number of hydrogen-bond acceptors (Lipinski definition) is 8. The number of carbonyl (C=O) groups excluding carboxylic acids is 1. The molecule has 1 aliphatic rings. The molecule has 9 nitrogen and oxygen atoms in total. The lowest BCUT2D eigenvalue weighted by Crippen LogP contribution is -2.48. The molecular weight excluding hydrogens is 546 g/mol. The Balaban J connectivity index is 1.11. The highest BCUT2D eigenvalue weighted by Gasteiger charge is 2.23. The van der Waals surface area contributed by atoms with Crippen molar-refractivity contribution in [2.75, 3.05) is 62.6 Å². The van der Waals surface area contributed by atoms with Crippen molar-refractivity contribution in [2.45, 2.75) is 11.8 Å². The lowest BCUT2D eigenvalue weighted by atomic mass is 10.2. The van der Waals surface area contributed by atoms with E-state index >= 15 is 0 Å². The Morgan fingerprint density at radius 3 is 2.40 bits per heavy atom. The van der Waals surface area contributed by atoms with Crippen LogP contribution in [0.15, 0.2) is 71.6 Å². The Bertz CT molecular complexity index is 1580. The van der Waals surface area contributed by atoms with E-state index in [2.05, 4.69) is 28.1 Å². The predicted octanol–water partition coefficient (Wildman–Crippen LogP) is 3.99. The van der Waals surface area contributed by atoms with E-state index in [1.165, 1.54) is 29.0 Å². The molecule has 0 spiro atoms. The fourth-order valence-electron chi connectivity index (χ4n) is 4.70. The van der Waals surface area contributed by atoms with Crippen molar-refractivity contribution < 1.29 is 17.9 Å². The lowest BCUT2D eigenvalue weighted by Gasteiger charge is -2.34. The van der Waals surface area contributed by atoms with Crippen LogP contribution in [0.25, 0.3) is 10.2 Å². The highest BCUT2D eigenvalue weighted by molar-refractivity contribution is 7.92. The van der Waals surface area contributed by atoms with Crippen LogP contribution in [0.4, 0.5) is 10.8 Å². The number of amides is 1. The zero-order valence-corrected chi connectivity index (χ0v) is 24.5. The van der Waals surface area contributed by atoms with Crippen molar-refractivity contribution in [3.63, 3.8) is 0 Å². The molecule has 5 rings (SSSR count). The Hall–Kier alpha value is -3.67. The number of carbonyl (C=O) groups is 1. The van der Waals surface area contributed by atoms with Gasteiger partial charge in [0.05, 0.1) is 22.4 Å². The van der Waals surface area contributed by atoms with Gasteiger partial charge in [-0.2, -0.15) is 0 Å². The molecule has 4 aromatic rings. The molecule has 0 aliphatic carbocycles. The summed E-state index contributed by atoms with van der Waals surface area (Å²) in [5.74, 6) is 0.575. The van der Waals surface area contributed by atoms with Gasteiger partial charge in [-0.15, -0.1) is 0 Å². The number of methoxy groups -OCH3 is 1. The van der Waals surface area contributed by atoms with Crippen LogP contribution in [0.1, 0.15) is 15.9 Å². The van der Waals surface area contributed by atoms with Crippen LogP contribution in [0.2, 0.25) is 0 Å². The monoisotopic (exact) mass is 579 g/mol. The number of aromatic nitrogens is 1. The van der Waals surface area contributed by atoms with Gasteiger partial charge in [0.15, 0.2) is 5.13 Å². The summed E-state index contributed by atoms with van der Waals surface area (Å²) in [6.07, 6.45) is 0. The van der Waals surface area contributed by atoms with Gasteiger partial charge >= 0.3 is 0 Å². The van der Waals surface area contributed by atoms with E-state index in [0.717, 1.165) is 53.8 Å². The van der Waals surface area contributed by atoms with Gasteiger partial charge in [0.2, 0.25) is 0 Å². The fraction of sp³-hybridized carbons (Fsp3) is 0.310. The fourth-order valence-corrected chi connectivity index (χ4v) is 7.00. The first-order valence-electron chi connectivity index (χ1n) is 13.1. The van der Waals surface area contributed by atoms with E-state index in [4.69, 9.17) is 9.72 Å². The molecule has 1 N–H and O–H groups in total. The number of benzene rings is 3. The average Bonchev–Trinajstić information content (AvgIpc) is 3.44. The molecule has 11 heteroatoms. The van der Waals surface area contributed by atoms with E-state index in [1.54, 1.807) is 54.8 Å². The number of nitrogens with one attached hydrogen (secondary N) is 1. The summed E-state index contributed by atoms with van der Waals surface area (Å²) >= 11 is 1.70. The van der Waals surface area contributed by atoms with Crippen molar-refractivity contribution in [3.05, 3.63) is 77.9 Å². The molecule has 1 amide bonds. The van der Waals surface area contributed by atoms with E-state index in [-0.39, 0.29) is 10.8 Å². The number of nitrogens with zero attached hydrogens (tertiary/aromatic N) is 4. The number of fused-ring (bicyclic) bond motifs is 1. The van der Waals surface area contributed by atoms with Gasteiger partial charge in [-0.1, -0.05) is 35.6 Å². The maximum atomic E-state index is 13.0. The van der Waals surface area contributed by atoms with Crippen LogP contribution in [0.5, 0.6) is 5.75 Å². The summed E-state index contributed by atoms with van der Waals surface area (Å²) in [7, 11) is -0.534. The Labute approximate surface area is 239 Å². The van der Waals surface area contributed by atoms with Gasteiger partial charge in [0, 0.05) is 51.9 Å². The minimum Gasteiger partial charge on any atom is -0.494 e. The quantitative estimate of drug-likeness (QED) is 0.320. The van der Waals surface area contributed by atoms with Crippen molar-refractivity contribution in [3.8, 4) is 5.75 Å². The first kappa shape index (κ1) is 27.9. The number of hydrogen-bond donors (Lipinski definition) is 1. The third kappa shape index (κ3) is 5.77. The second-order valence-corrected chi connectivity index (χ2v) is 12.6. The largest absolute Gasteiger partial charge is 0.494 e. The highest BCUT2D eigenvalue weighted by Crippen LogP contribution is 2.36. The zero-order valence-electron chi connectivity index (χ0n) is 22.8. The van der Waals surface area contributed by atoms with Crippen LogP contribution in [-0.4, -0.2) is 77.6 Å². The van der Waals surface area contributed by atoms with Crippen LogP contribution in [-0.2, 0) is 10.0 Å². The Morgan fingerprint density at radius 1 is 1.02 bits per heavy atom. The molecule has 0 bridgehead atoms. The molecule has 0 atom stereocenters. The molecule has 1 aliphatic heterocycles. The standard InChI is InChI=1S/C29H33N5O4S2/c1-21-9-14-25(38-3)26-27(21)39-29(31-26)34-19-17-33(18-20-34)16-15-30-28(35)22-10-12-24(13-11-22)40(36,37)32(2)23-7-5-4-6-8-23/h4-14H,15-20H2,1-3H3,(H,30,35). The van der Waals surface area contributed by atoms with Crippen molar-refractivity contribution >= 4 is 48.3 Å². The number of thiazole rings is 1. The first-order chi connectivity index (χ1) is 19.3. The number of rotatable bonds is 9. The van der Waals surface area contributed by atoms with Crippen LogP contribution >= 0.6 is 11.3 Å². The molecule has 40 heavy (non-hydrogen) atoms. The van der Waals surface area contributed by atoms with Gasteiger partial charge in [0.1, 0.15) is 11.3 Å². The van der Waals surface area contributed by atoms with Gasteiger partial charge in [-0.05, 0) is 55.0 Å². The number of ether oxygens (including phenoxy) is 1. The van der Waals surface area contributed by atoms with E-state index in [0.29, 0.717) is 17.8 Å². The van der Waals surface area contributed by atoms with Gasteiger partial charge in [0.25, 0.3) is 15.9 Å². The smallest absolute Gasteiger partial charge is 0.264 e. The summed E-state index contributed by atoms with van der Waals surface area (Å²) in [5, 5.41) is 3.96. The summed E-state index contributed by atoms with van der Waals surface area (Å²) in [4.78, 5) is 22.3. The topological polar surface area (TPSA) is 95.1 Å².